The third kappa shape index (κ3) is 5.92. The highest BCUT2D eigenvalue weighted by molar-refractivity contribution is 6.76. The lowest BCUT2D eigenvalue weighted by Gasteiger charge is -2.53. The zero-order valence-corrected chi connectivity index (χ0v) is 18.1. The Morgan fingerprint density at radius 3 is 2.41 bits per heavy atom. The molecular formula is C16H22Cl3NO9. The zero-order valence-electron chi connectivity index (χ0n) is 15.8. The number of nitrogens with one attached hydrogen (secondary N) is 1. The molecule has 166 valence electrons. The molecule has 3 N–H and O–H groups in total. The van der Waals surface area contributed by atoms with Crippen LogP contribution < -0.4 is 5.32 Å². The molecule has 0 bridgehead atoms. The maximum atomic E-state index is 12.2. The minimum Gasteiger partial charge on any atom is -0.454 e. The first-order valence-electron chi connectivity index (χ1n) is 8.61. The number of aliphatic hydroxyl groups excluding tert-OH is 1. The smallest absolute Gasteiger partial charge is 0.306 e. The molecule has 0 saturated carbocycles. The van der Waals surface area contributed by atoms with Crippen LogP contribution in [0.25, 0.3) is 0 Å². The average Bonchev–Trinajstić information content (AvgIpc) is 2.57. The third-order valence-electron chi connectivity index (χ3n) is 4.30. The number of alkyl halides is 3. The Morgan fingerprint density at radius 2 is 1.86 bits per heavy atom. The number of esters is 1. The number of hydrogen-bond acceptors (Lipinski definition) is 9. The van der Waals surface area contributed by atoms with Crippen LogP contribution in [0.15, 0.2) is 0 Å². The van der Waals surface area contributed by atoms with Gasteiger partial charge >= 0.3 is 5.97 Å². The van der Waals surface area contributed by atoms with Crippen LogP contribution in [-0.4, -0.2) is 74.4 Å². The summed E-state index contributed by atoms with van der Waals surface area (Å²) in [5, 5.41) is 23.3. The van der Waals surface area contributed by atoms with Gasteiger partial charge in [-0.25, -0.2) is 0 Å². The molecule has 5 atom stereocenters. The fraction of sp³-hybridized carbons (Fsp3) is 0.812. The summed E-state index contributed by atoms with van der Waals surface area (Å²) in [5.74, 6) is -3.60. The van der Waals surface area contributed by atoms with Crippen LogP contribution >= 0.6 is 34.8 Å². The molecule has 2 heterocycles. The fourth-order valence-electron chi connectivity index (χ4n) is 2.87. The van der Waals surface area contributed by atoms with Crippen molar-refractivity contribution in [2.24, 2.45) is 0 Å². The summed E-state index contributed by atoms with van der Waals surface area (Å²) in [6.45, 7) is 4.37. The van der Waals surface area contributed by atoms with E-state index in [1.807, 2.05) is 5.32 Å². The minimum absolute atomic E-state index is 0.0648. The molecule has 2 rings (SSSR count). The van der Waals surface area contributed by atoms with Gasteiger partial charge in [-0.3, -0.25) is 9.59 Å². The quantitative estimate of drug-likeness (QED) is 0.289. The summed E-state index contributed by atoms with van der Waals surface area (Å²) in [4.78, 5) is 35.5. The minimum atomic E-state index is -2.72. The number of rotatable bonds is 5. The van der Waals surface area contributed by atoms with E-state index >= 15 is 0 Å². The predicted molar refractivity (Wildman–Crippen MR) is 99.0 cm³/mol. The number of fused-ring (bicyclic) bond motifs is 1. The van der Waals surface area contributed by atoms with Gasteiger partial charge in [0, 0.05) is 6.42 Å². The van der Waals surface area contributed by atoms with Crippen LogP contribution in [0.1, 0.15) is 33.6 Å². The number of ketones is 1. The Morgan fingerprint density at radius 1 is 1.24 bits per heavy atom. The summed E-state index contributed by atoms with van der Waals surface area (Å²) >= 11 is 16.6. The van der Waals surface area contributed by atoms with Gasteiger partial charge in [-0.05, 0) is 20.8 Å². The van der Waals surface area contributed by atoms with E-state index in [0.29, 0.717) is 0 Å². The normalized spacial score (nSPS) is 34.1. The number of carbonyl (C=O) groups excluding carboxylic acids is 3. The molecule has 0 aliphatic carbocycles. The molecule has 2 aliphatic heterocycles. The molecule has 29 heavy (non-hydrogen) atoms. The Balaban J connectivity index is 2.35. The van der Waals surface area contributed by atoms with E-state index in [1.165, 1.54) is 6.92 Å². The maximum Gasteiger partial charge on any atom is 0.306 e. The Labute approximate surface area is 181 Å². The Hall–Kier alpha value is -0.720. The van der Waals surface area contributed by atoms with Crippen molar-refractivity contribution in [1.82, 2.24) is 5.32 Å². The van der Waals surface area contributed by atoms with Gasteiger partial charge in [-0.15, -0.1) is 0 Å². The van der Waals surface area contributed by atoms with Gasteiger partial charge < -0.3 is 39.3 Å². The highest BCUT2D eigenvalue weighted by Gasteiger charge is 2.62. The molecule has 1 amide bonds. The third-order valence-corrected chi connectivity index (χ3v) is 4.82. The van der Waals surface area contributed by atoms with E-state index in [-0.39, 0.29) is 25.2 Å². The van der Waals surface area contributed by atoms with Gasteiger partial charge in [0.05, 0.1) is 13.0 Å². The van der Waals surface area contributed by atoms with Gasteiger partial charge in [0.1, 0.15) is 18.0 Å². The van der Waals surface area contributed by atoms with Crippen LogP contribution in [-0.2, 0) is 33.3 Å². The topological polar surface area (TPSA) is 141 Å². The van der Waals surface area contributed by atoms with E-state index in [9.17, 15) is 24.6 Å². The van der Waals surface area contributed by atoms with Crippen molar-refractivity contribution in [3.05, 3.63) is 0 Å². The second-order valence-electron chi connectivity index (χ2n) is 7.21. The number of halogens is 3. The van der Waals surface area contributed by atoms with Crippen molar-refractivity contribution in [3.63, 3.8) is 0 Å². The Bertz CT molecular complexity index is 669. The molecule has 0 aromatic carbocycles. The van der Waals surface area contributed by atoms with Gasteiger partial charge in [0.25, 0.3) is 9.70 Å². The van der Waals surface area contributed by atoms with E-state index in [1.54, 1.807) is 13.8 Å². The number of carbonyl (C=O) groups is 3. The van der Waals surface area contributed by atoms with Crippen molar-refractivity contribution in [2.45, 2.75) is 73.5 Å². The highest BCUT2D eigenvalue weighted by Crippen LogP contribution is 2.38. The lowest BCUT2D eigenvalue weighted by atomic mass is 9.91. The van der Waals surface area contributed by atoms with E-state index in [4.69, 9.17) is 53.8 Å². The number of ether oxygens (including phenoxy) is 4. The summed E-state index contributed by atoms with van der Waals surface area (Å²) in [6.07, 6.45) is -6.27. The number of aliphatic hydroxyl groups is 2. The van der Waals surface area contributed by atoms with Crippen molar-refractivity contribution >= 4 is 52.5 Å². The second-order valence-corrected chi connectivity index (χ2v) is 9.49. The van der Waals surface area contributed by atoms with Crippen LogP contribution in [0.4, 0.5) is 0 Å². The van der Waals surface area contributed by atoms with E-state index < -0.39 is 51.8 Å². The predicted octanol–water partition coefficient (Wildman–Crippen LogP) is 0.311. The molecular weight excluding hydrogens is 457 g/mol. The fourth-order valence-corrected chi connectivity index (χ4v) is 3.01. The second kappa shape index (κ2) is 8.80. The van der Waals surface area contributed by atoms with Gasteiger partial charge in [0.15, 0.2) is 11.9 Å². The molecule has 0 spiro atoms. The van der Waals surface area contributed by atoms with Gasteiger partial charge in [-0.2, -0.15) is 0 Å². The molecule has 2 saturated heterocycles. The van der Waals surface area contributed by atoms with Crippen LogP contribution in [0.2, 0.25) is 0 Å². The number of amides is 1. The summed E-state index contributed by atoms with van der Waals surface area (Å²) < 4.78 is 19.3. The van der Waals surface area contributed by atoms with Crippen molar-refractivity contribution in [1.29, 1.82) is 0 Å². The molecule has 0 unspecified atom stereocenters. The first-order chi connectivity index (χ1) is 13.2. The monoisotopic (exact) mass is 477 g/mol. The number of hydrogen-bond donors (Lipinski definition) is 3. The molecule has 2 aliphatic rings. The van der Waals surface area contributed by atoms with E-state index in [2.05, 4.69) is 0 Å². The summed E-state index contributed by atoms with van der Waals surface area (Å²) in [6, 6.07) is 0. The highest BCUT2D eigenvalue weighted by atomic mass is 35.6. The van der Waals surface area contributed by atoms with E-state index in [0.717, 1.165) is 0 Å². The average molecular weight is 479 g/mol. The molecule has 13 heteroatoms. The summed E-state index contributed by atoms with van der Waals surface area (Å²) in [5.41, 5.74) is -2.72. The molecule has 10 nitrogen and oxygen atoms in total. The van der Waals surface area contributed by atoms with Crippen LogP contribution in [0.3, 0.4) is 0 Å². The lowest BCUT2D eigenvalue weighted by Crippen LogP contribution is -2.76. The Kier molecular flexibility index (Phi) is 7.45. The lowest BCUT2D eigenvalue weighted by molar-refractivity contribution is -0.401. The van der Waals surface area contributed by atoms with Crippen molar-refractivity contribution < 1.29 is 43.5 Å². The molecule has 0 aromatic rings. The first-order valence-corrected chi connectivity index (χ1v) is 9.75. The molecule has 0 radical (unpaired) electrons. The molecule has 2 fully saturated rings. The van der Waals surface area contributed by atoms with Crippen molar-refractivity contribution in [2.75, 3.05) is 6.61 Å². The summed E-state index contributed by atoms with van der Waals surface area (Å²) in [7, 11) is 0. The maximum absolute atomic E-state index is 12.2. The zero-order chi connectivity index (χ0) is 22.2. The van der Waals surface area contributed by atoms with Gasteiger partial charge in [0.2, 0.25) is 12.0 Å². The SMILES string of the molecule is CC(=O)CCC(=O)O[C@H]1[C@@H]2OC(C)(C)OC[C@H]2O[C@@H](O)[C@@]1(O)NC(=O)C(Cl)(Cl)Cl. The first kappa shape index (κ1) is 24.5. The molecule has 0 aromatic heterocycles. The van der Waals surface area contributed by atoms with Crippen LogP contribution in [0, 0.1) is 0 Å². The number of Topliss-reactive ketones (excluding diaryl/α,β-unsaturated/α-hetero) is 1. The van der Waals surface area contributed by atoms with Crippen LogP contribution in [0.5, 0.6) is 0 Å². The largest absolute Gasteiger partial charge is 0.454 e. The van der Waals surface area contributed by atoms with Crippen molar-refractivity contribution in [3.8, 4) is 0 Å². The standard InChI is InChI=1S/C16H22Cl3NO9/c1-7(21)4-5-9(22)28-11-10-8(6-26-14(2,3)29-10)27-13(24)15(11,25)20-12(23)16(17,18)19/h8,10-11,13,24-25H,4-6H2,1-3H3,(H,20,23)/t8-,10-,11+,13-,15-/m1/s1. The van der Waals surface area contributed by atoms with Gasteiger partial charge in [-0.1, -0.05) is 34.8 Å².